The van der Waals surface area contributed by atoms with Crippen LogP contribution in [-0.2, 0) is 6.42 Å². The minimum absolute atomic E-state index is 0.306. The predicted octanol–water partition coefficient (Wildman–Crippen LogP) is 3.61. The molecule has 0 bridgehead atoms. The minimum atomic E-state index is 0.306. The van der Waals surface area contributed by atoms with E-state index in [1.807, 2.05) is 0 Å². The van der Waals surface area contributed by atoms with Crippen molar-refractivity contribution in [2.45, 2.75) is 52.0 Å². The molecule has 0 spiro atoms. The van der Waals surface area contributed by atoms with Crippen LogP contribution in [0.2, 0.25) is 0 Å². The van der Waals surface area contributed by atoms with Crippen LogP contribution >= 0.6 is 0 Å². The van der Waals surface area contributed by atoms with Crippen molar-refractivity contribution in [3.63, 3.8) is 0 Å². The van der Waals surface area contributed by atoms with Gasteiger partial charge in [0, 0.05) is 30.9 Å². The second kappa shape index (κ2) is 6.42. The largest absolute Gasteiger partial charge is 0.368 e. The molecule has 0 radical (unpaired) electrons. The Bertz CT molecular complexity index is 379. The van der Waals surface area contributed by atoms with E-state index in [-0.39, 0.29) is 0 Å². The molecule has 1 heterocycles. The summed E-state index contributed by atoms with van der Waals surface area (Å²) < 4.78 is 0. The van der Waals surface area contributed by atoms with Crippen LogP contribution in [0.1, 0.15) is 45.6 Å². The number of hydrogen-bond acceptors (Lipinski definition) is 2. The number of benzene rings is 1. The molecule has 1 N–H and O–H groups in total. The predicted molar refractivity (Wildman–Crippen MR) is 84.0 cm³/mol. The van der Waals surface area contributed by atoms with E-state index in [0.717, 1.165) is 19.6 Å². The van der Waals surface area contributed by atoms with E-state index in [1.54, 1.807) is 0 Å². The van der Waals surface area contributed by atoms with Crippen LogP contribution < -0.4 is 10.2 Å². The summed E-state index contributed by atoms with van der Waals surface area (Å²) in [5.74, 6) is 0. The highest BCUT2D eigenvalue weighted by atomic mass is 15.2. The second-order valence-corrected chi connectivity index (χ2v) is 5.75. The highest BCUT2D eigenvalue weighted by Crippen LogP contribution is 2.25. The van der Waals surface area contributed by atoms with E-state index >= 15 is 0 Å². The zero-order chi connectivity index (χ0) is 13.7. The lowest BCUT2D eigenvalue weighted by Gasteiger charge is -2.44. The van der Waals surface area contributed by atoms with E-state index in [4.69, 9.17) is 0 Å². The summed E-state index contributed by atoms with van der Waals surface area (Å²) in [6.07, 6.45) is 4.82. The van der Waals surface area contributed by atoms with Crippen LogP contribution in [0, 0.1) is 0 Å². The molecule has 1 aromatic rings. The van der Waals surface area contributed by atoms with Crippen LogP contribution in [0.25, 0.3) is 0 Å². The first kappa shape index (κ1) is 14.4. The van der Waals surface area contributed by atoms with Crippen molar-refractivity contribution in [1.82, 2.24) is 5.32 Å². The third-order valence-electron chi connectivity index (χ3n) is 4.57. The fourth-order valence-electron chi connectivity index (χ4n) is 3.06. The number of nitrogens with zero attached hydrogens (tertiary/aromatic N) is 1. The molecular weight excluding hydrogens is 232 g/mol. The Hall–Kier alpha value is -1.02. The molecule has 2 heteroatoms. The highest BCUT2D eigenvalue weighted by molar-refractivity contribution is 5.48. The van der Waals surface area contributed by atoms with Gasteiger partial charge in [0.05, 0.1) is 0 Å². The molecular formula is C17H28N2. The van der Waals surface area contributed by atoms with Crippen LogP contribution in [0.5, 0.6) is 0 Å². The Labute approximate surface area is 118 Å². The van der Waals surface area contributed by atoms with Crippen molar-refractivity contribution in [3.05, 3.63) is 29.8 Å². The van der Waals surface area contributed by atoms with Gasteiger partial charge in [-0.05, 0) is 37.0 Å². The van der Waals surface area contributed by atoms with Crippen molar-refractivity contribution in [2.75, 3.05) is 24.5 Å². The van der Waals surface area contributed by atoms with Gasteiger partial charge in [-0.3, -0.25) is 0 Å². The standard InChI is InChI=1S/C17H28N2/c1-4-7-15-8-10-16(11-9-15)19-13-12-18-17(5-2,6-3)14-19/h8-11,18H,4-7,12-14H2,1-3H3. The highest BCUT2D eigenvalue weighted by Gasteiger charge is 2.31. The number of hydrogen-bond donors (Lipinski definition) is 1. The molecule has 0 atom stereocenters. The molecule has 2 rings (SSSR count). The molecule has 0 saturated carbocycles. The maximum absolute atomic E-state index is 3.72. The Morgan fingerprint density at radius 2 is 1.79 bits per heavy atom. The summed E-state index contributed by atoms with van der Waals surface area (Å²) in [7, 11) is 0. The summed E-state index contributed by atoms with van der Waals surface area (Å²) in [6.45, 7) is 10.2. The van der Waals surface area contributed by atoms with E-state index in [0.29, 0.717) is 5.54 Å². The van der Waals surface area contributed by atoms with Crippen LogP contribution in [-0.4, -0.2) is 25.2 Å². The van der Waals surface area contributed by atoms with E-state index in [9.17, 15) is 0 Å². The van der Waals surface area contributed by atoms with Gasteiger partial charge in [0.1, 0.15) is 0 Å². The topological polar surface area (TPSA) is 15.3 Å². The van der Waals surface area contributed by atoms with Crippen LogP contribution in [0.4, 0.5) is 5.69 Å². The molecule has 1 aromatic carbocycles. The molecule has 1 saturated heterocycles. The number of aryl methyl sites for hydroxylation is 1. The van der Waals surface area contributed by atoms with E-state index in [1.165, 1.54) is 36.9 Å². The van der Waals surface area contributed by atoms with E-state index < -0.39 is 0 Å². The van der Waals surface area contributed by atoms with Gasteiger partial charge < -0.3 is 10.2 Å². The molecule has 0 unspecified atom stereocenters. The Morgan fingerprint density at radius 1 is 1.11 bits per heavy atom. The van der Waals surface area contributed by atoms with Crippen molar-refractivity contribution in [2.24, 2.45) is 0 Å². The first-order valence-corrected chi connectivity index (χ1v) is 7.82. The Morgan fingerprint density at radius 3 is 2.37 bits per heavy atom. The quantitative estimate of drug-likeness (QED) is 0.870. The number of piperazine rings is 1. The number of rotatable bonds is 5. The fourth-order valence-corrected chi connectivity index (χ4v) is 3.06. The van der Waals surface area contributed by atoms with Crippen LogP contribution in [0.15, 0.2) is 24.3 Å². The van der Waals surface area contributed by atoms with Gasteiger partial charge in [-0.1, -0.05) is 39.3 Å². The first-order valence-electron chi connectivity index (χ1n) is 7.82. The minimum Gasteiger partial charge on any atom is -0.368 e. The number of nitrogens with one attached hydrogen (secondary N) is 1. The maximum Gasteiger partial charge on any atom is 0.0367 e. The molecule has 106 valence electrons. The van der Waals surface area contributed by atoms with Gasteiger partial charge in [-0.15, -0.1) is 0 Å². The SMILES string of the molecule is CCCc1ccc(N2CCNC(CC)(CC)C2)cc1. The number of anilines is 1. The molecule has 1 aliphatic rings. The van der Waals surface area contributed by atoms with Crippen LogP contribution in [0.3, 0.4) is 0 Å². The average Bonchev–Trinajstić information content (AvgIpc) is 2.48. The normalized spacial score (nSPS) is 18.6. The second-order valence-electron chi connectivity index (χ2n) is 5.75. The average molecular weight is 260 g/mol. The maximum atomic E-state index is 3.72. The van der Waals surface area contributed by atoms with Crippen molar-refractivity contribution in [1.29, 1.82) is 0 Å². The summed E-state index contributed by atoms with van der Waals surface area (Å²) >= 11 is 0. The summed E-state index contributed by atoms with van der Waals surface area (Å²) in [5, 5.41) is 3.72. The molecule has 1 aliphatic heterocycles. The lowest BCUT2D eigenvalue weighted by Crippen LogP contribution is -2.60. The molecule has 0 aromatic heterocycles. The van der Waals surface area contributed by atoms with Gasteiger partial charge in [0.15, 0.2) is 0 Å². The van der Waals surface area contributed by atoms with Crippen molar-refractivity contribution in [3.8, 4) is 0 Å². The monoisotopic (exact) mass is 260 g/mol. The van der Waals surface area contributed by atoms with Gasteiger partial charge in [0.25, 0.3) is 0 Å². The van der Waals surface area contributed by atoms with Gasteiger partial charge in [-0.25, -0.2) is 0 Å². The Kier molecular flexibility index (Phi) is 4.87. The summed E-state index contributed by atoms with van der Waals surface area (Å²) in [6, 6.07) is 9.18. The van der Waals surface area contributed by atoms with Crippen molar-refractivity contribution < 1.29 is 0 Å². The lowest BCUT2D eigenvalue weighted by atomic mass is 9.90. The molecule has 1 fully saturated rings. The lowest BCUT2D eigenvalue weighted by molar-refractivity contribution is 0.277. The Balaban J connectivity index is 2.08. The summed E-state index contributed by atoms with van der Waals surface area (Å²) in [4.78, 5) is 2.54. The smallest absolute Gasteiger partial charge is 0.0367 e. The first-order chi connectivity index (χ1) is 9.23. The molecule has 0 aliphatic carbocycles. The third kappa shape index (κ3) is 3.30. The fraction of sp³-hybridized carbons (Fsp3) is 0.647. The third-order valence-corrected chi connectivity index (χ3v) is 4.57. The van der Waals surface area contributed by atoms with E-state index in [2.05, 4.69) is 55.3 Å². The molecule has 2 nitrogen and oxygen atoms in total. The van der Waals surface area contributed by atoms with Gasteiger partial charge in [0.2, 0.25) is 0 Å². The molecule has 0 amide bonds. The zero-order valence-electron chi connectivity index (χ0n) is 12.7. The molecule has 19 heavy (non-hydrogen) atoms. The zero-order valence-corrected chi connectivity index (χ0v) is 12.7. The van der Waals surface area contributed by atoms with Gasteiger partial charge in [-0.2, -0.15) is 0 Å². The van der Waals surface area contributed by atoms with Crippen molar-refractivity contribution >= 4 is 5.69 Å². The summed E-state index contributed by atoms with van der Waals surface area (Å²) in [5.41, 5.74) is 3.15. The van der Waals surface area contributed by atoms with Gasteiger partial charge >= 0.3 is 0 Å².